The molecule has 4 aliphatic rings. The Hall–Kier alpha value is -6.46. The molecule has 4 bridgehead atoms. The summed E-state index contributed by atoms with van der Waals surface area (Å²) in [6.07, 6.45) is 34.7. The van der Waals surface area contributed by atoms with Gasteiger partial charge in [0.25, 0.3) is 0 Å². The first-order valence-electron chi connectivity index (χ1n) is 21.5. The molecule has 1 atom stereocenters. The molecule has 0 N–H and O–H groups in total. The van der Waals surface area contributed by atoms with Crippen LogP contribution in [0.3, 0.4) is 0 Å². The summed E-state index contributed by atoms with van der Waals surface area (Å²) < 4.78 is 0. The Kier molecular flexibility index (Phi) is 17.9. The van der Waals surface area contributed by atoms with Crippen LogP contribution in [0.2, 0.25) is 0 Å². The Bertz CT molecular complexity index is 2570. The minimum Gasteiger partial charge on any atom is -0.304 e. The molecular weight excluding hydrogens is 801 g/mol. The highest BCUT2D eigenvalue weighted by Crippen LogP contribution is 2.57. The molecule has 1 spiro atoms. The molecule has 0 radical (unpaired) electrons. The maximum absolute atomic E-state index is 3.56. The van der Waals surface area contributed by atoms with E-state index < -0.39 is 0 Å². The van der Waals surface area contributed by atoms with Crippen LogP contribution in [0.1, 0.15) is 59.9 Å². The Morgan fingerprint density at radius 2 is 1.32 bits per heavy atom. The van der Waals surface area contributed by atoms with Crippen LogP contribution in [0.25, 0.3) is 26.5 Å². The molecule has 2 aromatic heterocycles. The van der Waals surface area contributed by atoms with Crippen LogP contribution in [-0.2, 0) is 0 Å². The van der Waals surface area contributed by atoms with E-state index in [4.69, 9.17) is 0 Å². The zero-order valence-corrected chi connectivity index (χ0v) is 39.6. The van der Waals surface area contributed by atoms with E-state index in [-0.39, 0.29) is 5.41 Å². The quantitative estimate of drug-likeness (QED) is 0.124. The van der Waals surface area contributed by atoms with Crippen molar-refractivity contribution in [2.75, 3.05) is 9.80 Å². The number of benzene rings is 3. The Labute approximate surface area is 386 Å². The molecular formula is C59H62N2S2. The molecule has 0 saturated heterocycles. The fraction of sp³-hybridized carbons (Fsp3) is 0.153. The van der Waals surface area contributed by atoms with Gasteiger partial charge < -0.3 is 9.80 Å². The molecule has 0 saturated carbocycles. The summed E-state index contributed by atoms with van der Waals surface area (Å²) in [5.74, 6) is 0. The molecule has 1 aliphatic heterocycles. The molecule has 5 aromatic rings. The smallest absolute Gasteiger partial charge is 0.101 e. The fourth-order valence-corrected chi connectivity index (χ4v) is 9.68. The topological polar surface area (TPSA) is 6.48 Å². The highest BCUT2D eigenvalue weighted by atomic mass is 32.1. The second kappa shape index (κ2) is 23.7. The van der Waals surface area contributed by atoms with Gasteiger partial charge in [-0.05, 0) is 120 Å². The zero-order valence-electron chi connectivity index (χ0n) is 37.9. The third-order valence-corrected chi connectivity index (χ3v) is 12.3. The summed E-state index contributed by atoms with van der Waals surface area (Å²) in [6, 6.07) is 37.4. The van der Waals surface area contributed by atoms with Crippen molar-refractivity contribution in [2.24, 2.45) is 5.41 Å². The third-order valence-electron chi connectivity index (χ3n) is 9.95. The second-order valence-electron chi connectivity index (χ2n) is 15.5. The van der Waals surface area contributed by atoms with Gasteiger partial charge in [-0.3, -0.25) is 0 Å². The minimum atomic E-state index is -0.232. The van der Waals surface area contributed by atoms with Crippen molar-refractivity contribution in [1.82, 2.24) is 0 Å². The first kappa shape index (κ1) is 47.6. The van der Waals surface area contributed by atoms with Crippen LogP contribution < -0.4 is 9.80 Å². The number of para-hydroxylation sites is 2. The van der Waals surface area contributed by atoms with Crippen LogP contribution in [0.5, 0.6) is 0 Å². The van der Waals surface area contributed by atoms with Crippen molar-refractivity contribution in [3.63, 3.8) is 0 Å². The van der Waals surface area contributed by atoms with Gasteiger partial charge in [-0.25, -0.2) is 0 Å². The predicted octanol–water partition coefficient (Wildman–Crippen LogP) is 18.7. The number of thiophene rings is 2. The standard InChI is InChI=1S/C43H32N2S2.C5H8.2C4H8.C3H6/c1-2-9-20-33(19-8-1)44(34-21-10-4-11-22-34)39-29-37-32-18-14-26-43(30-32)27-15-25-38(43)45(35-23-12-5-13-24-35)40-28-36(31-16-6-3-7-17-31)41(47-40)42(37)46-39;1-4-5(2)3;1-4(2)3;1-3-4-2;1-3-2/h1,3-25,27-30H,2,26H2;4H,1-2H2,3H3;1H2,2-3H3;3-4H,1-2H3;3H,1H2,2H3/b;;;4-3-;. The van der Waals surface area contributed by atoms with Crippen molar-refractivity contribution in [3.8, 4) is 20.9 Å². The fourth-order valence-electron chi connectivity index (χ4n) is 7.08. The zero-order chi connectivity index (χ0) is 45.2. The first-order chi connectivity index (χ1) is 30.6. The summed E-state index contributed by atoms with van der Waals surface area (Å²) in [4.78, 5) is 7.52. The summed E-state index contributed by atoms with van der Waals surface area (Å²) in [7, 11) is 0. The van der Waals surface area contributed by atoms with Crippen molar-refractivity contribution >= 4 is 49.6 Å². The Morgan fingerprint density at radius 3 is 1.94 bits per heavy atom. The summed E-state index contributed by atoms with van der Waals surface area (Å²) in [6.45, 7) is 25.7. The number of hydrogen-bond donors (Lipinski definition) is 0. The van der Waals surface area contributed by atoms with Gasteiger partial charge in [0, 0.05) is 33.9 Å². The van der Waals surface area contributed by atoms with Crippen molar-refractivity contribution in [2.45, 2.75) is 54.4 Å². The van der Waals surface area contributed by atoms with Gasteiger partial charge in [-0.2, -0.15) is 0 Å². The van der Waals surface area contributed by atoms with E-state index in [1.165, 1.54) is 59.0 Å². The summed E-state index contributed by atoms with van der Waals surface area (Å²) >= 11 is 3.79. The lowest BCUT2D eigenvalue weighted by atomic mass is 9.76. The molecule has 3 heterocycles. The Balaban J connectivity index is 0.000000407. The first-order valence-corrected chi connectivity index (χ1v) is 23.2. The van der Waals surface area contributed by atoms with Gasteiger partial charge in [-0.1, -0.05) is 164 Å². The highest BCUT2D eigenvalue weighted by Gasteiger charge is 2.40. The number of rotatable bonds is 6. The van der Waals surface area contributed by atoms with Crippen LogP contribution in [-0.4, -0.2) is 0 Å². The average molecular weight is 863 g/mol. The largest absolute Gasteiger partial charge is 0.304 e. The van der Waals surface area contributed by atoms with E-state index in [2.05, 4.69) is 206 Å². The third kappa shape index (κ3) is 12.1. The number of fused-ring (bicyclic) bond motifs is 5. The lowest BCUT2D eigenvalue weighted by Crippen LogP contribution is -2.29. The second-order valence-corrected chi connectivity index (χ2v) is 17.6. The molecule has 9 rings (SSSR count). The number of nitrogens with zero attached hydrogens (tertiary/aromatic N) is 2. The molecule has 320 valence electrons. The van der Waals surface area contributed by atoms with Crippen LogP contribution in [0, 0.1) is 5.41 Å². The highest BCUT2D eigenvalue weighted by molar-refractivity contribution is 7.26. The SMILES string of the molecule is C/C=C\C.C1=CCC=CC(N(c2ccccc2)c2cc3c(s2)-c2sc(cc2-c2ccccc2)N(c2ccccc2)C2=CC=CC24C=C3C=CC4)=C1.C=C(C)C.C=CC.C=CC(=C)C. The molecule has 1 unspecified atom stereocenters. The van der Waals surface area contributed by atoms with Gasteiger partial charge >= 0.3 is 0 Å². The van der Waals surface area contributed by atoms with Crippen LogP contribution >= 0.6 is 22.7 Å². The summed E-state index contributed by atoms with van der Waals surface area (Å²) in [5, 5.41) is 2.43. The average Bonchev–Trinajstić information content (AvgIpc) is 3.97. The number of hydrogen-bond acceptors (Lipinski definition) is 4. The van der Waals surface area contributed by atoms with Crippen molar-refractivity contribution < 1.29 is 0 Å². The van der Waals surface area contributed by atoms with E-state index >= 15 is 0 Å². The lowest BCUT2D eigenvalue weighted by molar-refractivity contribution is 0.592. The van der Waals surface area contributed by atoms with Crippen LogP contribution in [0.4, 0.5) is 21.4 Å². The monoisotopic (exact) mass is 862 g/mol. The Morgan fingerprint density at radius 1 is 0.714 bits per heavy atom. The van der Waals surface area contributed by atoms with E-state index in [9.17, 15) is 0 Å². The molecule has 3 aromatic carbocycles. The van der Waals surface area contributed by atoms with Crippen molar-refractivity contribution in [1.29, 1.82) is 0 Å². The van der Waals surface area contributed by atoms with E-state index in [1.54, 1.807) is 12.2 Å². The van der Waals surface area contributed by atoms with Gasteiger partial charge in [0.15, 0.2) is 0 Å². The van der Waals surface area contributed by atoms with Gasteiger partial charge in [0.2, 0.25) is 0 Å². The van der Waals surface area contributed by atoms with E-state index in [0.29, 0.717) is 0 Å². The van der Waals surface area contributed by atoms with Gasteiger partial charge in [0.1, 0.15) is 10.0 Å². The van der Waals surface area contributed by atoms with E-state index in [1.807, 2.05) is 76.4 Å². The number of allylic oxidation sites excluding steroid dienone is 17. The molecule has 0 fully saturated rings. The number of anilines is 4. The van der Waals surface area contributed by atoms with Gasteiger partial charge in [-0.15, -0.1) is 35.8 Å². The molecule has 63 heavy (non-hydrogen) atoms. The summed E-state index contributed by atoms with van der Waals surface area (Å²) in [5.41, 5.74) is 11.8. The normalized spacial score (nSPS) is 15.9. The van der Waals surface area contributed by atoms with Crippen molar-refractivity contribution in [3.05, 3.63) is 249 Å². The maximum Gasteiger partial charge on any atom is 0.101 e. The minimum absolute atomic E-state index is 0.232. The lowest BCUT2D eigenvalue weighted by Gasteiger charge is -2.37. The molecule has 0 amide bonds. The maximum atomic E-state index is 3.56. The molecule has 2 nitrogen and oxygen atoms in total. The van der Waals surface area contributed by atoms with Crippen LogP contribution in [0.15, 0.2) is 243 Å². The van der Waals surface area contributed by atoms with Gasteiger partial charge in [0.05, 0.1) is 15.2 Å². The molecule has 4 heteroatoms. The van der Waals surface area contributed by atoms with E-state index in [0.717, 1.165) is 29.8 Å². The predicted molar refractivity (Wildman–Crippen MR) is 284 cm³/mol. The molecule has 3 aliphatic carbocycles.